The Bertz CT molecular complexity index is 822. The van der Waals surface area contributed by atoms with Crippen molar-refractivity contribution in [3.05, 3.63) is 24.3 Å². The summed E-state index contributed by atoms with van der Waals surface area (Å²) in [4.78, 5) is 24.7. The Hall–Kier alpha value is -2.06. The Kier molecular flexibility index (Phi) is 12.6. The van der Waals surface area contributed by atoms with E-state index in [1.165, 1.54) is 44.9 Å². The first kappa shape index (κ1) is 29.2. The van der Waals surface area contributed by atoms with Gasteiger partial charge >= 0.3 is 11.9 Å². The lowest BCUT2D eigenvalue weighted by molar-refractivity contribution is -0.140. The van der Waals surface area contributed by atoms with Gasteiger partial charge in [-0.3, -0.25) is 9.59 Å². The van der Waals surface area contributed by atoms with E-state index in [0.717, 1.165) is 25.7 Å². The van der Waals surface area contributed by atoms with Crippen LogP contribution in [0.3, 0.4) is 0 Å². The second kappa shape index (κ2) is 15.1. The number of benzene rings is 1. The van der Waals surface area contributed by atoms with Gasteiger partial charge in [-0.1, -0.05) is 72.1 Å². The van der Waals surface area contributed by atoms with Crippen LogP contribution < -0.4 is 9.47 Å². The van der Waals surface area contributed by atoms with Crippen molar-refractivity contribution in [2.24, 2.45) is 17.3 Å². The molecule has 5 nitrogen and oxygen atoms in total. The molecule has 1 saturated carbocycles. The highest BCUT2D eigenvalue weighted by molar-refractivity contribution is 6.30. The number of carbonyl (C=O) groups is 2. The van der Waals surface area contributed by atoms with Gasteiger partial charge in [-0.15, -0.1) is 11.6 Å². The minimum atomic E-state index is -0.713. The predicted molar refractivity (Wildman–Crippen MR) is 139 cm³/mol. The van der Waals surface area contributed by atoms with Gasteiger partial charge < -0.3 is 9.47 Å². The number of ether oxygens (including phenoxy) is 2. The molecule has 0 aliphatic heterocycles. The van der Waals surface area contributed by atoms with Crippen LogP contribution >= 0.6 is 11.6 Å². The molecule has 6 heteroatoms. The summed E-state index contributed by atoms with van der Waals surface area (Å²) in [5.41, 5.74) is -0.291. The topological polar surface area (TPSA) is 76.4 Å². The fourth-order valence-electron chi connectivity index (χ4n) is 4.64. The van der Waals surface area contributed by atoms with E-state index in [-0.39, 0.29) is 23.2 Å². The summed E-state index contributed by atoms with van der Waals surface area (Å²) in [6.45, 7) is 5.94. The van der Waals surface area contributed by atoms with E-state index in [9.17, 15) is 14.9 Å². The molecule has 2 rings (SSSR count). The quantitative estimate of drug-likeness (QED) is 0.111. The maximum atomic E-state index is 12.7. The Morgan fingerprint density at radius 3 is 2.00 bits per heavy atom. The van der Waals surface area contributed by atoms with Crippen molar-refractivity contribution in [2.45, 2.75) is 110 Å². The standard InChI is InChI=1S/C29H42ClNO4/c1-4-5-6-7-8-9-10-11-18-29(21-31)19-16-23(17-20-29)27(32)34-24-12-14-25(15-13-24)35-28(33)26(30)22(2)3/h12-15,22-23,26H,4-11,16-20H2,1-3H3. The first-order valence-corrected chi connectivity index (χ1v) is 13.8. The monoisotopic (exact) mass is 503 g/mol. The van der Waals surface area contributed by atoms with Gasteiger partial charge in [0.05, 0.1) is 17.4 Å². The largest absolute Gasteiger partial charge is 0.426 e. The molecule has 1 fully saturated rings. The van der Waals surface area contributed by atoms with E-state index in [1.54, 1.807) is 24.3 Å². The van der Waals surface area contributed by atoms with Crippen LogP contribution in [0, 0.1) is 28.6 Å². The minimum absolute atomic E-state index is 0.0278. The zero-order valence-corrected chi connectivity index (χ0v) is 22.4. The molecule has 0 N–H and O–H groups in total. The van der Waals surface area contributed by atoms with Crippen molar-refractivity contribution in [3.63, 3.8) is 0 Å². The van der Waals surface area contributed by atoms with Crippen LogP contribution in [0.4, 0.5) is 0 Å². The number of nitrogens with zero attached hydrogens (tertiary/aromatic N) is 1. The number of esters is 2. The van der Waals surface area contributed by atoms with Crippen LogP contribution in [0.5, 0.6) is 11.5 Å². The van der Waals surface area contributed by atoms with Gasteiger partial charge in [-0.05, 0) is 62.3 Å². The lowest BCUT2D eigenvalue weighted by Crippen LogP contribution is -2.31. The van der Waals surface area contributed by atoms with Crippen molar-refractivity contribution in [1.82, 2.24) is 0 Å². The van der Waals surface area contributed by atoms with Crippen molar-refractivity contribution in [1.29, 1.82) is 5.26 Å². The van der Waals surface area contributed by atoms with E-state index < -0.39 is 11.3 Å². The fourth-order valence-corrected chi connectivity index (χ4v) is 4.69. The average Bonchev–Trinajstić information content (AvgIpc) is 2.86. The van der Waals surface area contributed by atoms with Gasteiger partial charge in [-0.25, -0.2) is 0 Å². The molecular formula is C29H42ClNO4. The number of alkyl halides is 1. The van der Waals surface area contributed by atoms with E-state index >= 15 is 0 Å². The fraction of sp³-hybridized carbons (Fsp3) is 0.690. The van der Waals surface area contributed by atoms with Crippen LogP contribution in [-0.2, 0) is 9.59 Å². The number of hydrogen-bond donors (Lipinski definition) is 0. The molecule has 1 atom stereocenters. The van der Waals surface area contributed by atoms with Gasteiger partial charge in [-0.2, -0.15) is 5.26 Å². The number of halogens is 1. The molecule has 35 heavy (non-hydrogen) atoms. The zero-order valence-electron chi connectivity index (χ0n) is 21.7. The van der Waals surface area contributed by atoms with Crippen molar-refractivity contribution in [3.8, 4) is 17.6 Å². The number of rotatable bonds is 14. The van der Waals surface area contributed by atoms with E-state index in [1.807, 2.05) is 13.8 Å². The molecule has 0 aromatic heterocycles. The Labute approximate surface area is 216 Å². The second-order valence-electron chi connectivity index (χ2n) is 10.4. The normalized spacial score (nSPS) is 20.7. The number of nitriles is 1. The molecule has 0 heterocycles. The highest BCUT2D eigenvalue weighted by Gasteiger charge is 2.38. The van der Waals surface area contributed by atoms with Gasteiger partial charge in [0.15, 0.2) is 0 Å². The summed E-state index contributed by atoms with van der Waals surface area (Å²) < 4.78 is 10.8. The molecule has 0 spiro atoms. The molecule has 1 aromatic carbocycles. The molecule has 1 aliphatic rings. The summed E-state index contributed by atoms with van der Waals surface area (Å²) >= 11 is 6.03. The molecule has 1 aliphatic carbocycles. The van der Waals surface area contributed by atoms with Crippen molar-refractivity contribution < 1.29 is 19.1 Å². The Morgan fingerprint density at radius 2 is 1.49 bits per heavy atom. The Morgan fingerprint density at radius 1 is 0.971 bits per heavy atom. The maximum Gasteiger partial charge on any atom is 0.329 e. The van der Waals surface area contributed by atoms with Crippen LogP contribution in [-0.4, -0.2) is 17.3 Å². The predicted octanol–water partition coefficient (Wildman–Crippen LogP) is 7.99. The van der Waals surface area contributed by atoms with Crippen LogP contribution in [0.15, 0.2) is 24.3 Å². The Balaban J connectivity index is 1.73. The van der Waals surface area contributed by atoms with Crippen molar-refractivity contribution in [2.75, 3.05) is 0 Å². The highest BCUT2D eigenvalue weighted by atomic mass is 35.5. The molecular weight excluding hydrogens is 462 g/mol. The van der Waals surface area contributed by atoms with Crippen LogP contribution in [0.25, 0.3) is 0 Å². The first-order valence-electron chi connectivity index (χ1n) is 13.4. The van der Waals surface area contributed by atoms with Crippen LogP contribution in [0.2, 0.25) is 0 Å². The summed E-state index contributed by atoms with van der Waals surface area (Å²) in [5.74, 6) is -0.193. The van der Waals surface area contributed by atoms with Crippen LogP contribution in [0.1, 0.15) is 104 Å². The highest BCUT2D eigenvalue weighted by Crippen LogP contribution is 2.43. The van der Waals surface area contributed by atoms with E-state index in [2.05, 4.69) is 13.0 Å². The van der Waals surface area contributed by atoms with E-state index in [0.29, 0.717) is 24.3 Å². The third kappa shape index (κ3) is 9.84. The lowest BCUT2D eigenvalue weighted by atomic mass is 9.69. The molecule has 194 valence electrons. The number of unbranched alkanes of at least 4 members (excludes halogenated alkanes) is 7. The van der Waals surface area contributed by atoms with Gasteiger partial charge in [0.1, 0.15) is 16.9 Å². The average molecular weight is 504 g/mol. The molecule has 1 unspecified atom stereocenters. The SMILES string of the molecule is CCCCCCCCCCC1(C#N)CCC(C(=O)Oc2ccc(OC(=O)C(Cl)C(C)C)cc2)CC1. The zero-order chi connectivity index (χ0) is 25.7. The maximum absolute atomic E-state index is 12.7. The molecule has 0 bridgehead atoms. The molecule has 1 aromatic rings. The minimum Gasteiger partial charge on any atom is -0.426 e. The first-order chi connectivity index (χ1) is 16.8. The molecule has 0 amide bonds. The molecule has 0 radical (unpaired) electrons. The summed E-state index contributed by atoms with van der Waals surface area (Å²) in [5, 5.41) is 9.13. The van der Waals surface area contributed by atoms with E-state index in [4.69, 9.17) is 21.1 Å². The molecule has 0 saturated heterocycles. The van der Waals surface area contributed by atoms with Gasteiger partial charge in [0.25, 0.3) is 0 Å². The third-order valence-electron chi connectivity index (χ3n) is 7.09. The van der Waals surface area contributed by atoms with Gasteiger partial charge in [0, 0.05) is 0 Å². The lowest BCUT2D eigenvalue weighted by Gasteiger charge is -2.34. The smallest absolute Gasteiger partial charge is 0.329 e. The summed E-state index contributed by atoms with van der Waals surface area (Å²) in [6.07, 6.45) is 13.9. The summed E-state index contributed by atoms with van der Waals surface area (Å²) in [6, 6.07) is 8.99. The second-order valence-corrected chi connectivity index (χ2v) is 10.8. The van der Waals surface area contributed by atoms with Crippen molar-refractivity contribution >= 4 is 23.5 Å². The van der Waals surface area contributed by atoms with Gasteiger partial charge in [0.2, 0.25) is 0 Å². The number of hydrogen-bond acceptors (Lipinski definition) is 5. The summed E-state index contributed by atoms with van der Waals surface area (Å²) in [7, 11) is 0. The number of carbonyl (C=O) groups excluding carboxylic acids is 2. The third-order valence-corrected chi connectivity index (χ3v) is 7.78.